The first-order valence-electron chi connectivity index (χ1n) is 4.68. The smallest absolute Gasteiger partial charge is 0.336 e. The van der Waals surface area contributed by atoms with E-state index in [4.69, 9.17) is 9.84 Å². The number of hydrogen-bond acceptors (Lipinski definition) is 3. The quantitative estimate of drug-likeness (QED) is 0.748. The van der Waals surface area contributed by atoms with E-state index in [1.165, 1.54) is 12.8 Å². The lowest BCUT2D eigenvalue weighted by molar-refractivity contribution is -0.163. The molecular weight excluding hydrogens is 188 g/mol. The monoisotopic (exact) mass is 202 g/mol. The van der Waals surface area contributed by atoms with Gasteiger partial charge in [0.05, 0.1) is 6.61 Å². The van der Waals surface area contributed by atoms with Crippen molar-refractivity contribution in [3.63, 3.8) is 0 Å². The van der Waals surface area contributed by atoms with Crippen LogP contribution in [0.2, 0.25) is 0 Å². The topological polar surface area (TPSA) is 46.5 Å². The molecule has 2 fully saturated rings. The van der Waals surface area contributed by atoms with Gasteiger partial charge in [-0.15, -0.1) is 0 Å². The zero-order chi connectivity index (χ0) is 9.31. The third-order valence-electron chi connectivity index (χ3n) is 2.67. The van der Waals surface area contributed by atoms with E-state index in [1.807, 2.05) is 0 Å². The Balaban J connectivity index is 1.91. The highest BCUT2D eigenvalue weighted by Crippen LogP contribution is 2.35. The highest BCUT2D eigenvalue weighted by Gasteiger charge is 2.44. The first-order valence-corrected chi connectivity index (χ1v) is 5.83. The van der Waals surface area contributed by atoms with Crippen molar-refractivity contribution in [1.29, 1.82) is 0 Å². The fraction of sp³-hybridized carbons (Fsp3) is 0.889. The summed E-state index contributed by atoms with van der Waals surface area (Å²) in [5.41, 5.74) is -0.854. The molecule has 3 nitrogen and oxygen atoms in total. The van der Waals surface area contributed by atoms with Gasteiger partial charge in [-0.1, -0.05) is 0 Å². The van der Waals surface area contributed by atoms with E-state index in [9.17, 15) is 4.79 Å². The molecule has 0 amide bonds. The molecule has 74 valence electrons. The number of carboxylic acids is 1. The third kappa shape index (κ3) is 1.99. The number of hydrogen-bond donors (Lipinski definition) is 1. The highest BCUT2D eigenvalue weighted by atomic mass is 32.2. The summed E-state index contributed by atoms with van der Waals surface area (Å²) in [7, 11) is 0. The van der Waals surface area contributed by atoms with Crippen LogP contribution in [0.15, 0.2) is 0 Å². The second-order valence-corrected chi connectivity index (χ2v) is 4.96. The summed E-state index contributed by atoms with van der Waals surface area (Å²) in [5, 5.41) is 9.06. The number of carboxylic acid groups (broad SMARTS) is 1. The lowest BCUT2D eigenvalue weighted by atomic mass is 10.0. The van der Waals surface area contributed by atoms with Crippen LogP contribution in [0.5, 0.6) is 0 Å². The van der Waals surface area contributed by atoms with Gasteiger partial charge in [0.15, 0.2) is 5.60 Å². The Morgan fingerprint density at radius 2 is 2.38 bits per heavy atom. The van der Waals surface area contributed by atoms with Crippen LogP contribution >= 0.6 is 11.8 Å². The highest BCUT2D eigenvalue weighted by molar-refractivity contribution is 7.99. The van der Waals surface area contributed by atoms with Gasteiger partial charge in [-0.2, -0.15) is 11.8 Å². The molecule has 2 aliphatic rings. The van der Waals surface area contributed by atoms with E-state index in [1.54, 1.807) is 11.8 Å². The van der Waals surface area contributed by atoms with Crippen LogP contribution in [0.25, 0.3) is 0 Å². The average Bonchev–Trinajstić information content (AvgIpc) is 2.80. The predicted molar refractivity (Wildman–Crippen MR) is 51.0 cm³/mol. The summed E-state index contributed by atoms with van der Waals surface area (Å²) < 4.78 is 5.56. The maximum atomic E-state index is 11.0. The van der Waals surface area contributed by atoms with Crippen molar-refractivity contribution in [2.75, 3.05) is 18.1 Å². The molecule has 0 spiro atoms. The van der Waals surface area contributed by atoms with Gasteiger partial charge in [0.25, 0.3) is 0 Å². The van der Waals surface area contributed by atoms with Gasteiger partial charge >= 0.3 is 5.97 Å². The van der Waals surface area contributed by atoms with E-state index in [0.717, 1.165) is 5.75 Å². The second kappa shape index (κ2) is 3.50. The van der Waals surface area contributed by atoms with Crippen LogP contribution in [0, 0.1) is 5.92 Å². The zero-order valence-corrected chi connectivity index (χ0v) is 8.31. The summed E-state index contributed by atoms with van der Waals surface area (Å²) in [5.74, 6) is 1.39. The van der Waals surface area contributed by atoms with Gasteiger partial charge in [0, 0.05) is 5.75 Å². The molecule has 2 rings (SSSR count). The van der Waals surface area contributed by atoms with Gasteiger partial charge < -0.3 is 9.84 Å². The van der Waals surface area contributed by atoms with Crippen molar-refractivity contribution in [1.82, 2.24) is 0 Å². The van der Waals surface area contributed by atoms with E-state index in [0.29, 0.717) is 24.7 Å². The summed E-state index contributed by atoms with van der Waals surface area (Å²) >= 11 is 1.68. The molecule has 0 bridgehead atoms. The van der Waals surface area contributed by atoms with Gasteiger partial charge in [-0.05, 0) is 30.9 Å². The fourth-order valence-corrected chi connectivity index (χ4v) is 2.75. The van der Waals surface area contributed by atoms with E-state index in [-0.39, 0.29) is 0 Å². The van der Waals surface area contributed by atoms with E-state index >= 15 is 0 Å². The minimum atomic E-state index is -0.854. The Hall–Kier alpha value is -0.220. The van der Waals surface area contributed by atoms with Crippen molar-refractivity contribution in [3.8, 4) is 0 Å². The molecule has 1 unspecified atom stereocenters. The summed E-state index contributed by atoms with van der Waals surface area (Å²) in [6.45, 7) is 0.646. The molecule has 1 N–H and O–H groups in total. The molecule has 1 saturated carbocycles. The summed E-state index contributed by atoms with van der Waals surface area (Å²) in [6, 6.07) is 0. The van der Waals surface area contributed by atoms with Crippen LogP contribution in [-0.2, 0) is 9.53 Å². The van der Waals surface area contributed by atoms with Crippen LogP contribution in [0.1, 0.15) is 19.3 Å². The van der Waals surface area contributed by atoms with Crippen LogP contribution in [0.4, 0.5) is 0 Å². The largest absolute Gasteiger partial charge is 0.479 e. The SMILES string of the molecule is O=C(O)C1(OCC2CC2)CCSC1. The Kier molecular flexibility index (Phi) is 2.51. The Morgan fingerprint density at radius 3 is 2.85 bits per heavy atom. The number of carbonyl (C=O) groups is 1. The third-order valence-corrected chi connectivity index (χ3v) is 3.83. The normalized spacial score (nSPS) is 33.5. The number of thioether (sulfide) groups is 1. The summed E-state index contributed by atoms with van der Waals surface area (Å²) in [4.78, 5) is 11.0. The predicted octanol–water partition coefficient (Wildman–Crippen LogP) is 1.37. The van der Waals surface area contributed by atoms with Crippen LogP contribution < -0.4 is 0 Å². The molecular formula is C9H14O3S. The lowest BCUT2D eigenvalue weighted by Gasteiger charge is -2.23. The van der Waals surface area contributed by atoms with Gasteiger partial charge in [-0.25, -0.2) is 4.79 Å². The standard InChI is InChI=1S/C9H14O3S/c10-8(11)9(3-4-13-6-9)12-5-7-1-2-7/h7H,1-6H2,(H,10,11). The molecule has 1 aliphatic heterocycles. The van der Waals surface area contributed by atoms with E-state index in [2.05, 4.69) is 0 Å². The Labute approximate surface area is 81.8 Å². The molecule has 0 aromatic carbocycles. The van der Waals surface area contributed by atoms with Gasteiger partial charge in [0.2, 0.25) is 0 Å². The fourth-order valence-electron chi connectivity index (χ4n) is 1.45. The Morgan fingerprint density at radius 1 is 1.62 bits per heavy atom. The lowest BCUT2D eigenvalue weighted by Crippen LogP contribution is -2.42. The maximum absolute atomic E-state index is 11.0. The molecule has 1 heterocycles. The molecule has 1 atom stereocenters. The summed E-state index contributed by atoms with van der Waals surface area (Å²) in [6.07, 6.45) is 3.09. The van der Waals surface area contributed by atoms with Crippen molar-refractivity contribution in [2.24, 2.45) is 5.92 Å². The molecule has 1 aliphatic carbocycles. The average molecular weight is 202 g/mol. The Bertz CT molecular complexity index is 207. The molecule has 4 heteroatoms. The second-order valence-electron chi connectivity index (χ2n) is 3.86. The molecule has 13 heavy (non-hydrogen) atoms. The number of rotatable bonds is 4. The van der Waals surface area contributed by atoms with Crippen LogP contribution in [0.3, 0.4) is 0 Å². The van der Waals surface area contributed by atoms with Crippen molar-refractivity contribution < 1.29 is 14.6 Å². The minimum absolute atomic E-state index is 0.620. The molecule has 0 aromatic heterocycles. The molecule has 0 aromatic rings. The van der Waals surface area contributed by atoms with Gasteiger partial charge in [-0.3, -0.25) is 0 Å². The van der Waals surface area contributed by atoms with Crippen LogP contribution in [-0.4, -0.2) is 34.8 Å². The van der Waals surface area contributed by atoms with Crippen molar-refractivity contribution in [2.45, 2.75) is 24.9 Å². The zero-order valence-electron chi connectivity index (χ0n) is 7.49. The molecule has 1 saturated heterocycles. The number of aliphatic carboxylic acids is 1. The first kappa shape index (κ1) is 9.34. The minimum Gasteiger partial charge on any atom is -0.479 e. The first-order chi connectivity index (χ1) is 6.23. The van der Waals surface area contributed by atoms with Gasteiger partial charge in [0.1, 0.15) is 0 Å². The van der Waals surface area contributed by atoms with Crippen molar-refractivity contribution in [3.05, 3.63) is 0 Å². The van der Waals surface area contributed by atoms with E-state index < -0.39 is 11.6 Å². The van der Waals surface area contributed by atoms with Crippen molar-refractivity contribution >= 4 is 17.7 Å². The number of ether oxygens (including phenoxy) is 1. The maximum Gasteiger partial charge on any atom is 0.336 e. The molecule has 0 radical (unpaired) electrons.